The molecule has 3 rings (SSSR count). The van der Waals surface area contributed by atoms with Crippen LogP contribution in [0.1, 0.15) is 18.4 Å². The molecule has 1 aliphatic heterocycles. The molecule has 2 aromatic rings. The fourth-order valence-corrected chi connectivity index (χ4v) is 3.00. The topological polar surface area (TPSA) is 67.2 Å². The van der Waals surface area contributed by atoms with Crippen molar-refractivity contribution in [2.45, 2.75) is 19.4 Å². The van der Waals surface area contributed by atoms with E-state index in [1.807, 2.05) is 0 Å². The molecule has 2 heterocycles. The monoisotopic (exact) mass is 344 g/mol. The second-order valence-electron chi connectivity index (χ2n) is 6.25. The van der Waals surface area contributed by atoms with E-state index in [1.54, 1.807) is 37.5 Å². The van der Waals surface area contributed by atoms with Gasteiger partial charge in [0.2, 0.25) is 5.91 Å². The highest BCUT2D eigenvalue weighted by atomic mass is 19.1. The fraction of sp³-hybridized carbons (Fsp3) is 0.389. The van der Waals surface area contributed by atoms with Crippen molar-refractivity contribution in [1.82, 2.24) is 15.1 Å². The Labute approximate surface area is 145 Å². The summed E-state index contributed by atoms with van der Waals surface area (Å²) in [4.78, 5) is 26.1. The van der Waals surface area contributed by atoms with E-state index in [9.17, 15) is 14.0 Å². The number of nitrogens with zero attached hydrogens (tertiary/aromatic N) is 3. The van der Waals surface area contributed by atoms with Gasteiger partial charge in [-0.25, -0.2) is 9.07 Å². The summed E-state index contributed by atoms with van der Waals surface area (Å²) in [6, 6.07) is 7.99. The van der Waals surface area contributed by atoms with Crippen LogP contribution >= 0.6 is 0 Å². The lowest BCUT2D eigenvalue weighted by molar-refractivity contribution is -0.125. The molecule has 0 saturated carbocycles. The van der Waals surface area contributed by atoms with Gasteiger partial charge in [-0.15, -0.1) is 0 Å². The lowest BCUT2D eigenvalue weighted by Crippen LogP contribution is -2.41. The minimum Gasteiger partial charge on any atom is -0.370 e. The number of anilines is 1. The van der Waals surface area contributed by atoms with Crippen LogP contribution in [0.4, 0.5) is 10.1 Å². The Kier molecular flexibility index (Phi) is 5.11. The first-order valence-electron chi connectivity index (χ1n) is 8.34. The van der Waals surface area contributed by atoms with Crippen molar-refractivity contribution in [3.8, 4) is 0 Å². The lowest BCUT2D eigenvalue weighted by Gasteiger charge is -2.32. The Hall–Kier alpha value is -2.70. The van der Waals surface area contributed by atoms with Gasteiger partial charge in [0.05, 0.1) is 11.9 Å². The van der Waals surface area contributed by atoms with Crippen LogP contribution in [0.3, 0.4) is 0 Å². The number of aromatic nitrogens is 2. The maximum Gasteiger partial charge on any atom is 0.268 e. The zero-order valence-electron chi connectivity index (χ0n) is 14.1. The summed E-state index contributed by atoms with van der Waals surface area (Å²) in [7, 11) is 1.61. The third kappa shape index (κ3) is 4.04. The number of aryl methyl sites for hydroxylation is 1. The molecule has 132 valence electrons. The molecule has 1 amide bonds. The maximum atomic E-state index is 13.6. The molecule has 0 radical (unpaired) electrons. The van der Waals surface area contributed by atoms with Crippen molar-refractivity contribution in [2.75, 3.05) is 18.0 Å². The van der Waals surface area contributed by atoms with Gasteiger partial charge in [-0.05, 0) is 18.9 Å². The zero-order valence-corrected chi connectivity index (χ0v) is 14.1. The Bertz CT molecular complexity index is 813. The smallest absolute Gasteiger partial charge is 0.268 e. The summed E-state index contributed by atoms with van der Waals surface area (Å²) in [5.74, 6) is -0.455. The molecule has 1 N–H and O–H groups in total. The van der Waals surface area contributed by atoms with E-state index in [-0.39, 0.29) is 29.7 Å². The number of hydrogen-bond acceptors (Lipinski definition) is 4. The Balaban J connectivity index is 1.53. The number of halogens is 1. The second kappa shape index (κ2) is 7.46. The highest BCUT2D eigenvalue weighted by Gasteiger charge is 2.25. The van der Waals surface area contributed by atoms with Gasteiger partial charge in [0.15, 0.2) is 0 Å². The van der Waals surface area contributed by atoms with Crippen LogP contribution < -0.4 is 15.8 Å². The summed E-state index contributed by atoms with van der Waals surface area (Å²) >= 11 is 0. The van der Waals surface area contributed by atoms with E-state index >= 15 is 0 Å². The van der Waals surface area contributed by atoms with E-state index in [4.69, 9.17) is 0 Å². The van der Waals surface area contributed by atoms with Gasteiger partial charge in [0.25, 0.3) is 5.56 Å². The third-order valence-corrected chi connectivity index (χ3v) is 4.60. The van der Waals surface area contributed by atoms with Crippen molar-refractivity contribution in [1.29, 1.82) is 0 Å². The standard InChI is InChI=1S/C18H21FN4O2/c1-22-17(24)10-15(12-21-22)23-8-6-13(7-9-23)18(25)20-11-14-4-2-3-5-16(14)19/h2-5,10,12-13H,6-9,11H2,1H3,(H,20,25). The minimum atomic E-state index is -0.309. The quantitative estimate of drug-likeness (QED) is 0.912. The number of amides is 1. The average molecular weight is 344 g/mol. The number of carbonyl (C=O) groups is 1. The fourth-order valence-electron chi connectivity index (χ4n) is 3.00. The summed E-state index contributed by atoms with van der Waals surface area (Å²) in [5.41, 5.74) is 1.12. The molecule has 1 aliphatic rings. The van der Waals surface area contributed by atoms with Crippen LogP contribution in [0.15, 0.2) is 41.3 Å². The van der Waals surface area contributed by atoms with Crippen LogP contribution in [0.5, 0.6) is 0 Å². The van der Waals surface area contributed by atoms with E-state index in [1.165, 1.54) is 10.7 Å². The molecule has 1 aromatic carbocycles. The van der Waals surface area contributed by atoms with Gasteiger partial charge in [-0.2, -0.15) is 5.10 Å². The van der Waals surface area contributed by atoms with Crippen LogP contribution in [0.25, 0.3) is 0 Å². The number of hydrogen-bond donors (Lipinski definition) is 1. The van der Waals surface area contributed by atoms with Gasteiger partial charge in [0.1, 0.15) is 5.82 Å². The van der Waals surface area contributed by atoms with Gasteiger partial charge < -0.3 is 10.2 Å². The number of piperidine rings is 1. The van der Waals surface area contributed by atoms with Gasteiger partial charge in [-0.3, -0.25) is 9.59 Å². The largest absolute Gasteiger partial charge is 0.370 e. The first kappa shape index (κ1) is 17.1. The van der Waals surface area contributed by atoms with Crippen LogP contribution in [-0.4, -0.2) is 28.8 Å². The third-order valence-electron chi connectivity index (χ3n) is 4.60. The normalized spacial score (nSPS) is 15.2. The molecule has 1 fully saturated rings. The molecule has 6 nitrogen and oxygen atoms in total. The summed E-state index contributed by atoms with van der Waals surface area (Å²) in [6.45, 7) is 1.57. The zero-order chi connectivity index (χ0) is 17.8. The van der Waals surface area contributed by atoms with E-state index in [0.29, 0.717) is 31.5 Å². The molecule has 0 spiro atoms. The van der Waals surface area contributed by atoms with E-state index in [2.05, 4.69) is 15.3 Å². The van der Waals surface area contributed by atoms with Gasteiger partial charge in [0, 0.05) is 44.2 Å². The van der Waals surface area contributed by atoms with Gasteiger partial charge >= 0.3 is 0 Å². The Morgan fingerprint density at radius 1 is 1.32 bits per heavy atom. The molecule has 1 aromatic heterocycles. The average Bonchev–Trinajstić information content (AvgIpc) is 2.63. The number of carbonyl (C=O) groups excluding carboxylic acids is 1. The molecule has 7 heteroatoms. The van der Waals surface area contributed by atoms with Crippen molar-refractivity contribution >= 4 is 11.6 Å². The van der Waals surface area contributed by atoms with Crippen molar-refractivity contribution in [3.63, 3.8) is 0 Å². The Morgan fingerprint density at radius 3 is 2.72 bits per heavy atom. The first-order chi connectivity index (χ1) is 12.0. The predicted octanol–water partition coefficient (Wildman–Crippen LogP) is 1.45. The van der Waals surface area contributed by atoms with Crippen molar-refractivity contribution in [2.24, 2.45) is 13.0 Å². The lowest BCUT2D eigenvalue weighted by atomic mass is 9.95. The molecule has 0 atom stereocenters. The second-order valence-corrected chi connectivity index (χ2v) is 6.25. The van der Waals surface area contributed by atoms with Crippen molar-refractivity contribution in [3.05, 3.63) is 58.3 Å². The molecular formula is C18H21FN4O2. The van der Waals surface area contributed by atoms with E-state index < -0.39 is 0 Å². The molecule has 0 aliphatic carbocycles. The van der Waals surface area contributed by atoms with Crippen LogP contribution in [-0.2, 0) is 18.4 Å². The summed E-state index contributed by atoms with van der Waals surface area (Å²) in [6.07, 6.45) is 3.05. The minimum absolute atomic E-state index is 0.0509. The highest BCUT2D eigenvalue weighted by Crippen LogP contribution is 2.22. The Morgan fingerprint density at radius 2 is 2.04 bits per heavy atom. The van der Waals surface area contributed by atoms with Gasteiger partial charge in [-0.1, -0.05) is 18.2 Å². The molecule has 0 unspecified atom stereocenters. The predicted molar refractivity (Wildman–Crippen MR) is 92.7 cm³/mol. The SMILES string of the molecule is Cn1ncc(N2CCC(C(=O)NCc3ccccc3F)CC2)cc1=O. The highest BCUT2D eigenvalue weighted by molar-refractivity contribution is 5.79. The number of benzene rings is 1. The molecule has 25 heavy (non-hydrogen) atoms. The molecule has 1 saturated heterocycles. The van der Waals surface area contributed by atoms with Crippen molar-refractivity contribution < 1.29 is 9.18 Å². The summed E-state index contributed by atoms with van der Waals surface area (Å²) in [5, 5.41) is 6.84. The van der Waals surface area contributed by atoms with E-state index in [0.717, 1.165) is 5.69 Å². The summed E-state index contributed by atoms with van der Waals surface area (Å²) < 4.78 is 14.9. The molecule has 0 bridgehead atoms. The first-order valence-corrected chi connectivity index (χ1v) is 8.34. The number of nitrogens with one attached hydrogen (secondary N) is 1. The molecular weight excluding hydrogens is 323 g/mol. The van der Waals surface area contributed by atoms with Crippen LogP contribution in [0, 0.1) is 11.7 Å². The van der Waals surface area contributed by atoms with Crippen LogP contribution in [0.2, 0.25) is 0 Å². The maximum absolute atomic E-state index is 13.6. The number of rotatable bonds is 4.